The molecule has 1 aromatic carbocycles. The fourth-order valence-corrected chi connectivity index (χ4v) is 4.47. The standard InChI is InChI=1S/C22H27F2N7OS/c1-29-10-12-31(13-11-29)9-3-8-25-21(32)28-22-26-17-5-7-19(27-20(17)33-22)30(2)18-6-4-15(23)14-16(18)24/h4-7,14H,3,8-13H2,1-2H3,(H2,25,26,28,32). The topological polar surface area (TPSA) is 76.6 Å². The van der Waals surface area contributed by atoms with E-state index in [0.29, 0.717) is 27.8 Å². The Morgan fingerprint density at radius 2 is 1.94 bits per heavy atom. The molecule has 11 heteroatoms. The van der Waals surface area contributed by atoms with Crippen LogP contribution < -0.4 is 15.5 Å². The highest BCUT2D eigenvalue weighted by Crippen LogP contribution is 2.30. The highest BCUT2D eigenvalue weighted by atomic mass is 32.1. The van der Waals surface area contributed by atoms with E-state index in [-0.39, 0.29) is 11.7 Å². The fraction of sp³-hybridized carbons (Fsp3) is 0.409. The number of carbonyl (C=O) groups excluding carboxylic acids is 1. The lowest BCUT2D eigenvalue weighted by molar-refractivity contribution is 0.153. The minimum atomic E-state index is -0.671. The van der Waals surface area contributed by atoms with E-state index in [0.717, 1.165) is 45.2 Å². The second-order valence-corrected chi connectivity index (χ2v) is 9.02. The molecular formula is C22H27F2N7OS. The monoisotopic (exact) mass is 475 g/mol. The van der Waals surface area contributed by atoms with Crippen LogP contribution in [0.1, 0.15) is 6.42 Å². The van der Waals surface area contributed by atoms with E-state index >= 15 is 0 Å². The summed E-state index contributed by atoms with van der Waals surface area (Å²) in [6.45, 7) is 5.83. The Hall–Kier alpha value is -2.89. The van der Waals surface area contributed by atoms with Crippen LogP contribution in [-0.2, 0) is 0 Å². The number of pyridine rings is 1. The minimum absolute atomic E-state index is 0.210. The molecule has 0 radical (unpaired) electrons. The van der Waals surface area contributed by atoms with Crippen molar-refractivity contribution in [2.75, 3.05) is 63.6 Å². The number of urea groups is 1. The fourth-order valence-electron chi connectivity index (χ4n) is 3.64. The third-order valence-corrected chi connectivity index (χ3v) is 6.49. The number of anilines is 3. The minimum Gasteiger partial charge on any atom is -0.338 e. The zero-order valence-corrected chi connectivity index (χ0v) is 19.5. The highest BCUT2D eigenvalue weighted by Gasteiger charge is 2.15. The first-order valence-corrected chi connectivity index (χ1v) is 11.6. The van der Waals surface area contributed by atoms with E-state index in [1.165, 1.54) is 28.4 Å². The average Bonchev–Trinajstić information content (AvgIpc) is 3.19. The molecule has 0 aliphatic carbocycles. The van der Waals surface area contributed by atoms with E-state index in [9.17, 15) is 13.6 Å². The summed E-state index contributed by atoms with van der Waals surface area (Å²) in [5.74, 6) is -0.823. The number of nitrogens with one attached hydrogen (secondary N) is 2. The third-order valence-electron chi connectivity index (χ3n) is 5.61. The van der Waals surface area contributed by atoms with Gasteiger partial charge in [0.05, 0.1) is 5.69 Å². The van der Waals surface area contributed by atoms with Gasteiger partial charge >= 0.3 is 6.03 Å². The van der Waals surface area contributed by atoms with Crippen molar-refractivity contribution in [3.63, 3.8) is 0 Å². The average molecular weight is 476 g/mol. The van der Waals surface area contributed by atoms with Gasteiger partial charge in [0, 0.05) is 45.8 Å². The van der Waals surface area contributed by atoms with E-state index in [1.807, 2.05) is 0 Å². The molecule has 33 heavy (non-hydrogen) atoms. The molecule has 176 valence electrons. The number of carbonyl (C=O) groups is 1. The molecule has 3 aromatic rings. The molecule has 0 spiro atoms. The molecule has 3 heterocycles. The van der Waals surface area contributed by atoms with Crippen molar-refractivity contribution in [1.29, 1.82) is 0 Å². The molecule has 2 N–H and O–H groups in total. The Morgan fingerprint density at radius 3 is 2.70 bits per heavy atom. The Morgan fingerprint density at radius 1 is 1.15 bits per heavy atom. The predicted molar refractivity (Wildman–Crippen MR) is 127 cm³/mol. The van der Waals surface area contributed by atoms with Gasteiger partial charge in [-0.2, -0.15) is 0 Å². The van der Waals surface area contributed by atoms with Crippen LogP contribution in [0.2, 0.25) is 0 Å². The molecule has 1 aliphatic heterocycles. The molecule has 1 saturated heterocycles. The summed E-state index contributed by atoms with van der Waals surface area (Å²) in [5, 5.41) is 6.05. The zero-order valence-electron chi connectivity index (χ0n) is 18.6. The normalized spacial score (nSPS) is 15.0. The maximum absolute atomic E-state index is 14.1. The summed E-state index contributed by atoms with van der Waals surface area (Å²) in [6.07, 6.45) is 0.883. The van der Waals surface area contributed by atoms with Gasteiger partial charge in [0.25, 0.3) is 0 Å². The molecule has 0 bridgehead atoms. The molecule has 1 aliphatic rings. The van der Waals surface area contributed by atoms with Crippen molar-refractivity contribution < 1.29 is 13.6 Å². The van der Waals surface area contributed by atoms with Gasteiger partial charge < -0.3 is 20.0 Å². The van der Waals surface area contributed by atoms with Crippen molar-refractivity contribution in [3.05, 3.63) is 42.0 Å². The maximum Gasteiger partial charge on any atom is 0.321 e. The number of rotatable bonds is 7. The number of benzene rings is 1. The number of hydrogen-bond donors (Lipinski definition) is 2. The van der Waals surface area contributed by atoms with Crippen LogP contribution in [0.15, 0.2) is 30.3 Å². The van der Waals surface area contributed by atoms with Gasteiger partial charge in [0.2, 0.25) is 0 Å². The van der Waals surface area contributed by atoms with Crippen molar-refractivity contribution in [3.8, 4) is 0 Å². The van der Waals surface area contributed by atoms with Gasteiger partial charge in [-0.25, -0.2) is 23.5 Å². The highest BCUT2D eigenvalue weighted by molar-refractivity contribution is 7.22. The summed E-state index contributed by atoms with van der Waals surface area (Å²) in [7, 11) is 3.78. The van der Waals surface area contributed by atoms with E-state index in [1.54, 1.807) is 19.2 Å². The number of piperazine rings is 1. The lowest BCUT2D eigenvalue weighted by Crippen LogP contribution is -2.45. The Balaban J connectivity index is 1.31. The Labute approximate surface area is 195 Å². The SMILES string of the molecule is CN1CCN(CCCNC(=O)Nc2nc3ccc(N(C)c4ccc(F)cc4F)nc3s2)CC1. The number of likely N-dealkylation sites (N-methyl/N-ethyl adjacent to an activating group) is 1. The summed E-state index contributed by atoms with van der Waals surface area (Å²) in [4.78, 5) is 28.0. The van der Waals surface area contributed by atoms with Crippen molar-refractivity contribution in [2.24, 2.45) is 0 Å². The largest absolute Gasteiger partial charge is 0.338 e. The number of halogens is 2. The molecule has 0 saturated carbocycles. The Kier molecular flexibility index (Phi) is 7.31. The van der Waals surface area contributed by atoms with Gasteiger partial charge in [-0.3, -0.25) is 5.32 Å². The van der Waals surface area contributed by atoms with E-state index in [2.05, 4.69) is 37.4 Å². The van der Waals surface area contributed by atoms with Gasteiger partial charge in [0.15, 0.2) is 5.13 Å². The molecule has 1 fully saturated rings. The van der Waals surface area contributed by atoms with Gasteiger partial charge in [0.1, 0.15) is 27.8 Å². The van der Waals surface area contributed by atoms with Crippen LogP contribution in [0.4, 0.5) is 30.2 Å². The van der Waals surface area contributed by atoms with Gasteiger partial charge in [-0.15, -0.1) is 0 Å². The quantitative estimate of drug-likeness (QED) is 0.510. The first kappa shape index (κ1) is 23.3. The van der Waals surface area contributed by atoms with Crippen LogP contribution in [0.5, 0.6) is 0 Å². The van der Waals surface area contributed by atoms with Crippen LogP contribution >= 0.6 is 11.3 Å². The van der Waals surface area contributed by atoms with E-state index < -0.39 is 11.6 Å². The smallest absolute Gasteiger partial charge is 0.321 e. The number of aromatic nitrogens is 2. The van der Waals surface area contributed by atoms with Crippen LogP contribution in [0.25, 0.3) is 10.3 Å². The first-order chi connectivity index (χ1) is 15.9. The third kappa shape index (κ3) is 5.92. The van der Waals surface area contributed by atoms with E-state index in [4.69, 9.17) is 0 Å². The van der Waals surface area contributed by atoms with Crippen molar-refractivity contribution in [2.45, 2.75) is 6.42 Å². The molecule has 2 amide bonds. The lowest BCUT2D eigenvalue weighted by atomic mass is 10.2. The number of fused-ring (bicyclic) bond motifs is 1. The zero-order chi connectivity index (χ0) is 23.4. The molecule has 8 nitrogen and oxygen atoms in total. The molecule has 0 unspecified atom stereocenters. The summed E-state index contributed by atoms with van der Waals surface area (Å²) < 4.78 is 27.3. The van der Waals surface area contributed by atoms with Crippen LogP contribution in [-0.4, -0.2) is 79.2 Å². The van der Waals surface area contributed by atoms with Crippen molar-refractivity contribution in [1.82, 2.24) is 25.1 Å². The molecule has 2 aromatic heterocycles. The number of hydrogen-bond acceptors (Lipinski definition) is 7. The van der Waals surface area contributed by atoms with Crippen LogP contribution in [0, 0.1) is 11.6 Å². The molecule has 4 rings (SSSR count). The molecular weight excluding hydrogens is 448 g/mol. The summed E-state index contributed by atoms with van der Waals surface area (Å²) in [5.41, 5.74) is 0.837. The van der Waals surface area contributed by atoms with Crippen LogP contribution in [0.3, 0.4) is 0 Å². The number of nitrogens with zero attached hydrogens (tertiary/aromatic N) is 5. The lowest BCUT2D eigenvalue weighted by Gasteiger charge is -2.32. The second kappa shape index (κ2) is 10.4. The van der Waals surface area contributed by atoms with Gasteiger partial charge in [-0.1, -0.05) is 11.3 Å². The summed E-state index contributed by atoms with van der Waals surface area (Å²) >= 11 is 1.23. The number of amides is 2. The maximum atomic E-state index is 14.1. The summed E-state index contributed by atoms with van der Waals surface area (Å²) in [6, 6.07) is 6.55. The number of thiazole rings is 1. The Bertz CT molecular complexity index is 1120. The van der Waals surface area contributed by atoms with Gasteiger partial charge in [-0.05, 0) is 44.3 Å². The molecule has 0 atom stereocenters. The van der Waals surface area contributed by atoms with Crippen molar-refractivity contribution >= 4 is 44.4 Å². The first-order valence-electron chi connectivity index (χ1n) is 10.8. The predicted octanol–water partition coefficient (Wildman–Crippen LogP) is 3.50. The second-order valence-electron chi connectivity index (χ2n) is 8.05.